The molecule has 0 aromatic rings. The van der Waals surface area contributed by atoms with E-state index in [1.165, 1.54) is 11.1 Å². The number of hydrogen-bond donors (Lipinski definition) is 1. The van der Waals surface area contributed by atoms with Gasteiger partial charge in [-0.1, -0.05) is 30.2 Å². The number of allylic oxidation sites excluding steroid dienone is 6. The number of ether oxygens (including phenoxy) is 1. The molecule has 4 heteroatoms. The van der Waals surface area contributed by atoms with Crippen molar-refractivity contribution in [3.8, 4) is 0 Å². The third-order valence-electron chi connectivity index (χ3n) is 8.03. The van der Waals surface area contributed by atoms with Crippen LogP contribution in [-0.4, -0.2) is 36.5 Å². The summed E-state index contributed by atoms with van der Waals surface area (Å²) in [5.74, 6) is 1.44. The lowest BCUT2D eigenvalue weighted by atomic mass is 9.52. The maximum absolute atomic E-state index is 12.9. The Morgan fingerprint density at radius 3 is 2.89 bits per heavy atom. The molecule has 0 amide bonds. The lowest BCUT2D eigenvalue weighted by Crippen LogP contribution is -2.45. The summed E-state index contributed by atoms with van der Waals surface area (Å²) in [6, 6.07) is 0. The number of carbonyl (C=O) groups is 2. The maximum Gasteiger partial charge on any atom is 0.178 e. The topological polar surface area (TPSA) is 63.6 Å². The van der Waals surface area contributed by atoms with Gasteiger partial charge in [-0.15, -0.1) is 0 Å². The zero-order chi connectivity index (χ0) is 19.9. The molecule has 0 saturated heterocycles. The van der Waals surface area contributed by atoms with Gasteiger partial charge in [0.25, 0.3) is 0 Å². The van der Waals surface area contributed by atoms with Crippen LogP contribution in [0.5, 0.6) is 0 Å². The molecule has 2 saturated carbocycles. The molecule has 0 spiro atoms. The smallest absolute Gasteiger partial charge is 0.178 e. The summed E-state index contributed by atoms with van der Waals surface area (Å²) in [5, 5.41) is 8.87. The van der Waals surface area contributed by atoms with Gasteiger partial charge in [0.15, 0.2) is 11.6 Å². The van der Waals surface area contributed by atoms with E-state index in [1.807, 2.05) is 6.08 Å². The van der Waals surface area contributed by atoms with Crippen LogP contribution in [-0.2, 0) is 14.3 Å². The Bertz CT molecular complexity index is 761. The van der Waals surface area contributed by atoms with Crippen molar-refractivity contribution in [1.82, 2.24) is 0 Å². The summed E-state index contributed by atoms with van der Waals surface area (Å²) in [6.07, 6.45) is 13.7. The minimum atomic E-state index is -0.117. The normalized spacial score (nSPS) is 39.0. The molecule has 0 radical (unpaired) electrons. The minimum Gasteiger partial charge on any atom is -0.396 e. The van der Waals surface area contributed by atoms with E-state index in [4.69, 9.17) is 9.84 Å². The van der Waals surface area contributed by atoms with Gasteiger partial charge in [0.05, 0.1) is 0 Å². The number of fused-ring (bicyclic) bond motifs is 5. The lowest BCUT2D eigenvalue weighted by Gasteiger charge is -2.52. The second-order valence-corrected chi connectivity index (χ2v) is 9.45. The SMILES string of the molecule is C[C@]12C=CC(=O)C=C1CCC1C2=CC[C@@]2(C)C1CC[C@@H]2C(=O)COCCCO. The molecule has 0 heterocycles. The Balaban J connectivity index is 1.55. The molecule has 4 nitrogen and oxygen atoms in total. The van der Waals surface area contributed by atoms with Crippen LogP contribution in [0, 0.1) is 28.6 Å². The van der Waals surface area contributed by atoms with Gasteiger partial charge >= 0.3 is 0 Å². The molecule has 5 atom stereocenters. The van der Waals surface area contributed by atoms with Gasteiger partial charge in [0.2, 0.25) is 0 Å². The average Bonchev–Trinajstić information content (AvgIpc) is 3.03. The van der Waals surface area contributed by atoms with E-state index in [2.05, 4.69) is 26.0 Å². The summed E-state index contributed by atoms with van der Waals surface area (Å²) in [4.78, 5) is 24.7. The highest BCUT2D eigenvalue weighted by molar-refractivity contribution is 6.01. The fourth-order valence-electron chi connectivity index (χ4n) is 6.49. The molecule has 0 aromatic carbocycles. The Morgan fingerprint density at radius 1 is 1.29 bits per heavy atom. The zero-order valence-electron chi connectivity index (χ0n) is 17.1. The van der Waals surface area contributed by atoms with Crippen LogP contribution < -0.4 is 0 Å². The number of Topliss-reactive ketones (excluding diaryl/α,β-unsaturated/α-hetero) is 1. The van der Waals surface area contributed by atoms with E-state index in [0.29, 0.717) is 24.9 Å². The van der Waals surface area contributed by atoms with Crippen molar-refractivity contribution in [2.24, 2.45) is 28.6 Å². The van der Waals surface area contributed by atoms with E-state index >= 15 is 0 Å². The van der Waals surface area contributed by atoms with Crippen LogP contribution in [0.25, 0.3) is 0 Å². The number of carbonyl (C=O) groups excluding carboxylic acids is 2. The molecule has 0 aliphatic heterocycles. The van der Waals surface area contributed by atoms with Gasteiger partial charge in [-0.2, -0.15) is 0 Å². The Labute approximate surface area is 167 Å². The van der Waals surface area contributed by atoms with Crippen molar-refractivity contribution in [2.45, 2.75) is 52.4 Å². The first-order valence-corrected chi connectivity index (χ1v) is 10.8. The van der Waals surface area contributed by atoms with Crippen LogP contribution >= 0.6 is 0 Å². The number of aliphatic hydroxyl groups excluding tert-OH is 1. The van der Waals surface area contributed by atoms with Gasteiger partial charge < -0.3 is 9.84 Å². The van der Waals surface area contributed by atoms with Gasteiger partial charge in [-0.3, -0.25) is 9.59 Å². The van der Waals surface area contributed by atoms with Gasteiger partial charge in [-0.25, -0.2) is 0 Å². The van der Waals surface area contributed by atoms with Crippen LogP contribution in [0.2, 0.25) is 0 Å². The summed E-state index contributed by atoms with van der Waals surface area (Å²) in [6.45, 7) is 5.28. The molecule has 0 bridgehead atoms. The third kappa shape index (κ3) is 3.05. The first-order chi connectivity index (χ1) is 13.4. The van der Waals surface area contributed by atoms with Crippen LogP contribution in [0.1, 0.15) is 52.4 Å². The highest BCUT2D eigenvalue weighted by atomic mass is 16.5. The number of aliphatic hydroxyl groups is 1. The third-order valence-corrected chi connectivity index (χ3v) is 8.03. The van der Waals surface area contributed by atoms with Crippen LogP contribution in [0.4, 0.5) is 0 Å². The molecule has 4 rings (SSSR count). The van der Waals surface area contributed by atoms with Gasteiger partial charge in [-0.05, 0) is 74.9 Å². The first kappa shape index (κ1) is 19.8. The minimum absolute atomic E-state index is 0.0113. The molecular weight excluding hydrogens is 352 g/mol. The Hall–Kier alpha value is -1.52. The number of hydrogen-bond acceptors (Lipinski definition) is 4. The van der Waals surface area contributed by atoms with Crippen molar-refractivity contribution in [3.63, 3.8) is 0 Å². The highest BCUT2D eigenvalue weighted by Gasteiger charge is 2.56. The van der Waals surface area contributed by atoms with E-state index in [9.17, 15) is 9.59 Å². The zero-order valence-corrected chi connectivity index (χ0v) is 17.1. The van der Waals surface area contributed by atoms with Crippen molar-refractivity contribution in [3.05, 3.63) is 35.5 Å². The molecule has 28 heavy (non-hydrogen) atoms. The van der Waals surface area contributed by atoms with E-state index in [1.54, 1.807) is 6.08 Å². The molecular formula is C24H32O4. The maximum atomic E-state index is 12.9. The fourth-order valence-corrected chi connectivity index (χ4v) is 6.49. The largest absolute Gasteiger partial charge is 0.396 e. The Kier molecular flexibility index (Phi) is 5.22. The monoisotopic (exact) mass is 384 g/mol. The van der Waals surface area contributed by atoms with E-state index in [-0.39, 0.29) is 41.5 Å². The summed E-state index contributed by atoms with van der Waals surface area (Å²) >= 11 is 0. The summed E-state index contributed by atoms with van der Waals surface area (Å²) < 4.78 is 5.50. The standard InChI is InChI=1S/C24H32O4/c1-23-10-8-17(26)14-16(23)4-5-18-19-6-7-21(22(27)15-28-13-3-12-25)24(19,2)11-9-20(18)23/h8-10,14,18-19,21,25H,3-7,11-13,15H2,1-2H3/t18?,19?,21-,23+,24+/m1/s1. The molecule has 0 aromatic heterocycles. The predicted molar refractivity (Wildman–Crippen MR) is 108 cm³/mol. The molecule has 4 aliphatic rings. The molecule has 2 unspecified atom stereocenters. The quantitative estimate of drug-likeness (QED) is 0.559. The molecule has 1 N–H and O–H groups in total. The van der Waals surface area contributed by atoms with Crippen molar-refractivity contribution >= 4 is 11.6 Å². The van der Waals surface area contributed by atoms with E-state index < -0.39 is 0 Å². The highest BCUT2D eigenvalue weighted by Crippen LogP contribution is 2.63. The molecule has 152 valence electrons. The second kappa shape index (κ2) is 7.38. The summed E-state index contributed by atoms with van der Waals surface area (Å²) in [7, 11) is 0. The van der Waals surface area contributed by atoms with Crippen LogP contribution in [0.15, 0.2) is 35.5 Å². The second-order valence-electron chi connectivity index (χ2n) is 9.45. The van der Waals surface area contributed by atoms with Gasteiger partial charge in [0, 0.05) is 24.5 Å². The van der Waals surface area contributed by atoms with Crippen LogP contribution in [0.3, 0.4) is 0 Å². The van der Waals surface area contributed by atoms with Crippen molar-refractivity contribution < 1.29 is 19.4 Å². The number of rotatable bonds is 6. The van der Waals surface area contributed by atoms with E-state index in [0.717, 1.165) is 32.1 Å². The first-order valence-electron chi connectivity index (χ1n) is 10.8. The van der Waals surface area contributed by atoms with Gasteiger partial charge in [0.1, 0.15) is 6.61 Å². The lowest BCUT2D eigenvalue weighted by molar-refractivity contribution is -0.131. The van der Waals surface area contributed by atoms with Crippen molar-refractivity contribution in [1.29, 1.82) is 0 Å². The Morgan fingerprint density at radius 2 is 2.11 bits per heavy atom. The number of ketones is 2. The molecule has 4 aliphatic carbocycles. The predicted octanol–water partition coefficient (Wildman–Crippen LogP) is 3.80. The van der Waals surface area contributed by atoms with Crippen molar-refractivity contribution in [2.75, 3.05) is 19.8 Å². The molecule has 2 fully saturated rings. The average molecular weight is 385 g/mol. The summed E-state index contributed by atoms with van der Waals surface area (Å²) in [5.41, 5.74) is 2.63. The fraction of sp³-hybridized carbons (Fsp3) is 0.667.